The maximum atomic E-state index is 9.99. The third-order valence-electron chi connectivity index (χ3n) is 3.28. The quantitative estimate of drug-likeness (QED) is 0.807. The predicted octanol–water partition coefficient (Wildman–Crippen LogP) is 3.61. The first-order valence-corrected chi connectivity index (χ1v) is 7.66. The Bertz CT molecular complexity index is 429. The molecular weight excluding hydrogens is 272 g/mol. The molecule has 1 unspecified atom stereocenters. The molecule has 4 heteroatoms. The van der Waals surface area contributed by atoms with Crippen molar-refractivity contribution in [3.05, 3.63) is 28.8 Å². The lowest BCUT2D eigenvalue weighted by Crippen LogP contribution is -2.38. The summed E-state index contributed by atoms with van der Waals surface area (Å²) in [5, 5.41) is 14.1. The molecule has 20 heavy (non-hydrogen) atoms. The van der Waals surface area contributed by atoms with Crippen LogP contribution in [0.15, 0.2) is 18.2 Å². The van der Waals surface area contributed by atoms with Crippen LogP contribution in [-0.2, 0) is 0 Å². The first kappa shape index (κ1) is 17.3. The zero-order valence-corrected chi connectivity index (χ0v) is 14.0. The number of aliphatic hydroxyl groups is 1. The number of anilines is 1. The number of halogens is 1. The fourth-order valence-corrected chi connectivity index (χ4v) is 2.62. The first-order chi connectivity index (χ1) is 9.28. The van der Waals surface area contributed by atoms with Gasteiger partial charge in [0, 0.05) is 19.1 Å². The van der Waals surface area contributed by atoms with Crippen LogP contribution < -0.4 is 10.2 Å². The van der Waals surface area contributed by atoms with Gasteiger partial charge in [-0.05, 0) is 51.9 Å². The van der Waals surface area contributed by atoms with Crippen molar-refractivity contribution in [2.24, 2.45) is 0 Å². The molecule has 0 saturated heterocycles. The van der Waals surface area contributed by atoms with Crippen molar-refractivity contribution in [2.45, 2.75) is 46.3 Å². The standard InChI is InChI=1S/C16H27ClN2O/c1-6-18-12(3)13-8-9-15(14(17)10-13)19(7-2)11-16(4,5)20/h8-10,12,18,20H,6-7,11H2,1-5H3. The lowest BCUT2D eigenvalue weighted by atomic mass is 10.1. The molecular formula is C16H27ClN2O. The van der Waals surface area contributed by atoms with Gasteiger partial charge >= 0.3 is 0 Å². The summed E-state index contributed by atoms with van der Waals surface area (Å²) >= 11 is 6.42. The summed E-state index contributed by atoms with van der Waals surface area (Å²) in [6.45, 7) is 12.2. The Hall–Kier alpha value is -0.770. The van der Waals surface area contributed by atoms with Gasteiger partial charge in [0.2, 0.25) is 0 Å². The van der Waals surface area contributed by atoms with Gasteiger partial charge in [0.25, 0.3) is 0 Å². The van der Waals surface area contributed by atoms with Crippen LogP contribution in [0.2, 0.25) is 5.02 Å². The second-order valence-corrected chi connectivity index (χ2v) is 6.22. The number of nitrogens with one attached hydrogen (secondary N) is 1. The Balaban J connectivity index is 2.96. The molecule has 1 aromatic rings. The molecule has 0 spiro atoms. The van der Waals surface area contributed by atoms with Gasteiger partial charge < -0.3 is 15.3 Å². The van der Waals surface area contributed by atoms with Gasteiger partial charge in [0.05, 0.1) is 16.3 Å². The van der Waals surface area contributed by atoms with Crippen LogP contribution in [0.4, 0.5) is 5.69 Å². The van der Waals surface area contributed by atoms with E-state index in [0.29, 0.717) is 6.54 Å². The molecule has 0 aliphatic rings. The van der Waals surface area contributed by atoms with E-state index in [2.05, 4.69) is 37.1 Å². The van der Waals surface area contributed by atoms with Crippen molar-refractivity contribution in [3.8, 4) is 0 Å². The molecule has 0 amide bonds. The van der Waals surface area contributed by atoms with E-state index < -0.39 is 5.60 Å². The monoisotopic (exact) mass is 298 g/mol. The summed E-state index contributed by atoms with van der Waals surface area (Å²) in [7, 11) is 0. The zero-order chi connectivity index (χ0) is 15.3. The summed E-state index contributed by atoms with van der Waals surface area (Å²) in [6.07, 6.45) is 0. The van der Waals surface area contributed by atoms with Gasteiger partial charge in [-0.15, -0.1) is 0 Å². The minimum Gasteiger partial charge on any atom is -0.389 e. The summed E-state index contributed by atoms with van der Waals surface area (Å²) in [5.41, 5.74) is 1.42. The zero-order valence-electron chi connectivity index (χ0n) is 13.2. The van der Waals surface area contributed by atoms with Crippen molar-refractivity contribution >= 4 is 17.3 Å². The maximum Gasteiger partial charge on any atom is 0.0765 e. The molecule has 2 N–H and O–H groups in total. The highest BCUT2D eigenvalue weighted by Crippen LogP contribution is 2.29. The average molecular weight is 299 g/mol. The molecule has 114 valence electrons. The largest absolute Gasteiger partial charge is 0.389 e. The highest BCUT2D eigenvalue weighted by molar-refractivity contribution is 6.33. The van der Waals surface area contributed by atoms with Crippen LogP contribution in [0.3, 0.4) is 0 Å². The van der Waals surface area contributed by atoms with E-state index in [-0.39, 0.29) is 6.04 Å². The van der Waals surface area contributed by atoms with Crippen molar-refractivity contribution in [1.82, 2.24) is 5.32 Å². The van der Waals surface area contributed by atoms with Crippen LogP contribution in [0, 0.1) is 0 Å². The Morgan fingerprint density at radius 3 is 2.45 bits per heavy atom. The molecule has 0 aliphatic carbocycles. The predicted molar refractivity (Wildman–Crippen MR) is 87.7 cm³/mol. The molecule has 0 radical (unpaired) electrons. The Morgan fingerprint density at radius 2 is 2.00 bits per heavy atom. The molecule has 0 saturated carbocycles. The number of likely N-dealkylation sites (N-methyl/N-ethyl adjacent to an activating group) is 1. The van der Waals surface area contributed by atoms with E-state index >= 15 is 0 Å². The number of hydrogen-bond acceptors (Lipinski definition) is 3. The highest BCUT2D eigenvalue weighted by atomic mass is 35.5. The fraction of sp³-hybridized carbons (Fsp3) is 0.625. The maximum absolute atomic E-state index is 9.99. The lowest BCUT2D eigenvalue weighted by molar-refractivity contribution is 0.0876. The Labute approximate surface area is 127 Å². The Kier molecular flexibility index (Phi) is 6.31. The highest BCUT2D eigenvalue weighted by Gasteiger charge is 2.19. The molecule has 0 fully saturated rings. The van der Waals surface area contributed by atoms with Crippen molar-refractivity contribution in [2.75, 3.05) is 24.5 Å². The van der Waals surface area contributed by atoms with Gasteiger partial charge in [-0.25, -0.2) is 0 Å². The summed E-state index contributed by atoms with van der Waals surface area (Å²) < 4.78 is 0. The smallest absolute Gasteiger partial charge is 0.0765 e. The van der Waals surface area contributed by atoms with Crippen molar-refractivity contribution < 1.29 is 5.11 Å². The minimum absolute atomic E-state index is 0.288. The van der Waals surface area contributed by atoms with Crippen molar-refractivity contribution in [3.63, 3.8) is 0 Å². The third-order valence-corrected chi connectivity index (χ3v) is 3.58. The lowest BCUT2D eigenvalue weighted by Gasteiger charge is -2.31. The number of nitrogens with zero attached hydrogens (tertiary/aromatic N) is 1. The van der Waals surface area contributed by atoms with Gasteiger partial charge in [-0.1, -0.05) is 24.6 Å². The van der Waals surface area contributed by atoms with Gasteiger partial charge in [-0.3, -0.25) is 0 Å². The number of benzene rings is 1. The van der Waals surface area contributed by atoms with Gasteiger partial charge in [-0.2, -0.15) is 0 Å². The van der Waals surface area contributed by atoms with E-state index in [1.807, 2.05) is 26.0 Å². The van der Waals surface area contributed by atoms with E-state index in [9.17, 15) is 5.11 Å². The molecule has 0 aliphatic heterocycles. The molecule has 3 nitrogen and oxygen atoms in total. The molecule has 0 aromatic heterocycles. The van der Waals surface area contributed by atoms with Crippen LogP contribution in [0.5, 0.6) is 0 Å². The molecule has 1 atom stereocenters. The van der Waals surface area contributed by atoms with Crippen LogP contribution >= 0.6 is 11.6 Å². The second kappa shape index (κ2) is 7.30. The van der Waals surface area contributed by atoms with Gasteiger partial charge in [0.1, 0.15) is 0 Å². The Morgan fingerprint density at radius 1 is 1.35 bits per heavy atom. The van der Waals surface area contributed by atoms with E-state index in [1.54, 1.807) is 0 Å². The summed E-state index contributed by atoms with van der Waals surface area (Å²) in [4.78, 5) is 2.10. The third kappa shape index (κ3) is 4.97. The second-order valence-electron chi connectivity index (χ2n) is 5.82. The summed E-state index contributed by atoms with van der Waals surface area (Å²) in [6, 6.07) is 6.44. The van der Waals surface area contributed by atoms with E-state index in [1.165, 1.54) is 5.56 Å². The van der Waals surface area contributed by atoms with Crippen LogP contribution in [0.25, 0.3) is 0 Å². The molecule has 0 bridgehead atoms. The fourth-order valence-electron chi connectivity index (χ4n) is 2.31. The minimum atomic E-state index is -0.741. The van der Waals surface area contributed by atoms with E-state index in [4.69, 9.17) is 11.6 Å². The van der Waals surface area contributed by atoms with Crippen LogP contribution in [-0.4, -0.2) is 30.3 Å². The van der Waals surface area contributed by atoms with Crippen molar-refractivity contribution in [1.29, 1.82) is 0 Å². The summed E-state index contributed by atoms with van der Waals surface area (Å²) in [5.74, 6) is 0. The number of hydrogen-bond donors (Lipinski definition) is 2. The van der Waals surface area contributed by atoms with Crippen LogP contribution in [0.1, 0.15) is 46.2 Å². The van der Waals surface area contributed by atoms with Gasteiger partial charge in [0.15, 0.2) is 0 Å². The molecule has 0 heterocycles. The molecule has 1 rings (SSSR count). The van der Waals surface area contributed by atoms with E-state index in [0.717, 1.165) is 23.8 Å². The first-order valence-electron chi connectivity index (χ1n) is 7.28. The topological polar surface area (TPSA) is 35.5 Å². The normalized spacial score (nSPS) is 13.3. The number of rotatable bonds is 7. The average Bonchev–Trinajstić information content (AvgIpc) is 2.35. The SMILES string of the molecule is CCNC(C)c1ccc(N(CC)CC(C)(C)O)c(Cl)c1. The molecule has 1 aromatic carbocycles.